The van der Waals surface area contributed by atoms with Crippen molar-refractivity contribution in [3.63, 3.8) is 0 Å². The van der Waals surface area contributed by atoms with E-state index in [1.807, 2.05) is 4.57 Å². The minimum atomic E-state index is -0.461. The van der Waals surface area contributed by atoms with Crippen LogP contribution >= 0.6 is 11.6 Å². The second-order valence-electron chi connectivity index (χ2n) is 4.45. The third-order valence-corrected chi connectivity index (χ3v) is 3.51. The summed E-state index contributed by atoms with van der Waals surface area (Å²) in [5, 5.41) is 0.106. The lowest BCUT2D eigenvalue weighted by atomic mass is 10.1. The van der Waals surface area contributed by atoms with E-state index in [1.54, 1.807) is 6.07 Å². The minimum Gasteiger partial charge on any atom is -0.369 e. The molecular weight excluding hydrogens is 253 g/mol. The zero-order chi connectivity index (χ0) is 13.3. The number of hydrogen-bond donors (Lipinski definition) is 1. The van der Waals surface area contributed by atoms with E-state index >= 15 is 0 Å². The van der Waals surface area contributed by atoms with E-state index < -0.39 is 5.82 Å². The van der Waals surface area contributed by atoms with Gasteiger partial charge in [-0.3, -0.25) is 0 Å². The number of nitrogen functional groups attached to an aromatic ring is 1. The minimum absolute atomic E-state index is 0.106. The van der Waals surface area contributed by atoms with Crippen LogP contribution < -0.4 is 5.73 Å². The largest absolute Gasteiger partial charge is 0.369 e. The number of aromatic nitrogens is 2. The van der Waals surface area contributed by atoms with Gasteiger partial charge < -0.3 is 10.3 Å². The molecule has 0 radical (unpaired) electrons. The van der Waals surface area contributed by atoms with E-state index in [-0.39, 0.29) is 11.1 Å². The highest BCUT2D eigenvalue weighted by molar-refractivity contribution is 6.31. The number of imidazole rings is 1. The Morgan fingerprint density at radius 2 is 2.17 bits per heavy atom. The van der Waals surface area contributed by atoms with Crippen LogP contribution in [-0.4, -0.2) is 9.55 Å². The lowest BCUT2D eigenvalue weighted by Crippen LogP contribution is -2.11. The van der Waals surface area contributed by atoms with Crippen LogP contribution in [0, 0.1) is 5.82 Å². The molecule has 2 rings (SSSR count). The number of anilines is 1. The first-order valence-corrected chi connectivity index (χ1v) is 6.58. The highest BCUT2D eigenvalue weighted by Crippen LogP contribution is 2.30. The average molecular weight is 270 g/mol. The normalized spacial score (nSPS) is 13.1. The standard InChI is InChI=1S/C13H17ClFN3/c1-3-5-8(4-2)18-12-6-9(14)10(15)7-11(12)17-13(18)16/h6-8H,3-5H2,1-2H3,(H2,16,17). The highest BCUT2D eigenvalue weighted by Gasteiger charge is 2.17. The Labute approximate surface area is 111 Å². The van der Waals surface area contributed by atoms with E-state index in [9.17, 15) is 4.39 Å². The van der Waals surface area contributed by atoms with Crippen molar-refractivity contribution >= 4 is 28.6 Å². The van der Waals surface area contributed by atoms with Crippen LogP contribution in [0.3, 0.4) is 0 Å². The average Bonchev–Trinajstić information content (AvgIpc) is 2.63. The number of fused-ring (bicyclic) bond motifs is 1. The van der Waals surface area contributed by atoms with Gasteiger partial charge in [0.05, 0.1) is 16.1 Å². The maximum Gasteiger partial charge on any atom is 0.201 e. The first-order chi connectivity index (χ1) is 8.58. The molecule has 0 fully saturated rings. The molecule has 1 atom stereocenters. The van der Waals surface area contributed by atoms with E-state index in [2.05, 4.69) is 18.8 Å². The van der Waals surface area contributed by atoms with Crippen LogP contribution in [-0.2, 0) is 0 Å². The van der Waals surface area contributed by atoms with Crippen LogP contribution in [0.5, 0.6) is 0 Å². The molecule has 18 heavy (non-hydrogen) atoms. The van der Waals surface area contributed by atoms with E-state index in [1.165, 1.54) is 6.07 Å². The summed E-state index contributed by atoms with van der Waals surface area (Å²) in [7, 11) is 0. The highest BCUT2D eigenvalue weighted by atomic mass is 35.5. The Morgan fingerprint density at radius 3 is 2.78 bits per heavy atom. The molecule has 0 saturated heterocycles. The zero-order valence-corrected chi connectivity index (χ0v) is 11.3. The van der Waals surface area contributed by atoms with E-state index in [0.717, 1.165) is 24.8 Å². The van der Waals surface area contributed by atoms with Gasteiger partial charge in [0.15, 0.2) is 0 Å². The molecule has 1 heterocycles. The van der Waals surface area contributed by atoms with Gasteiger partial charge in [0, 0.05) is 12.1 Å². The predicted molar refractivity (Wildman–Crippen MR) is 73.3 cm³/mol. The zero-order valence-electron chi connectivity index (χ0n) is 10.6. The maximum absolute atomic E-state index is 13.4. The third kappa shape index (κ3) is 2.17. The fourth-order valence-corrected chi connectivity index (χ4v) is 2.50. The van der Waals surface area contributed by atoms with Crippen LogP contribution in [0.25, 0.3) is 11.0 Å². The van der Waals surface area contributed by atoms with Gasteiger partial charge in [-0.15, -0.1) is 0 Å². The lowest BCUT2D eigenvalue weighted by Gasteiger charge is -2.18. The SMILES string of the molecule is CCCC(CC)n1c(N)nc2cc(F)c(Cl)cc21. The van der Waals surface area contributed by atoms with Gasteiger partial charge in [-0.05, 0) is 18.9 Å². The number of nitrogens with two attached hydrogens (primary N) is 1. The number of rotatable bonds is 4. The second kappa shape index (κ2) is 5.14. The van der Waals surface area contributed by atoms with Gasteiger partial charge in [0.1, 0.15) is 5.82 Å². The summed E-state index contributed by atoms with van der Waals surface area (Å²) in [6, 6.07) is 3.22. The van der Waals surface area contributed by atoms with Gasteiger partial charge in [0.25, 0.3) is 0 Å². The molecule has 5 heteroatoms. The molecule has 2 aromatic rings. The molecule has 1 aromatic heterocycles. The molecule has 0 aliphatic heterocycles. The summed E-state index contributed by atoms with van der Waals surface area (Å²) >= 11 is 5.84. The Bertz CT molecular complexity index is 565. The molecule has 0 amide bonds. The molecule has 1 aromatic carbocycles. The van der Waals surface area contributed by atoms with E-state index in [0.29, 0.717) is 11.5 Å². The topological polar surface area (TPSA) is 43.8 Å². The number of halogens is 2. The van der Waals surface area contributed by atoms with Gasteiger partial charge in [-0.1, -0.05) is 31.9 Å². The number of nitrogens with zero attached hydrogens (tertiary/aromatic N) is 2. The lowest BCUT2D eigenvalue weighted by molar-refractivity contribution is 0.463. The van der Waals surface area contributed by atoms with Crippen molar-refractivity contribution in [3.8, 4) is 0 Å². The molecule has 0 spiro atoms. The van der Waals surface area contributed by atoms with Gasteiger partial charge in [0.2, 0.25) is 5.95 Å². The first-order valence-electron chi connectivity index (χ1n) is 6.20. The molecular formula is C13H17ClFN3. The van der Waals surface area contributed by atoms with Gasteiger partial charge in [-0.25, -0.2) is 9.37 Å². The summed E-state index contributed by atoms with van der Waals surface area (Å²) in [6.45, 7) is 4.24. The fraction of sp³-hybridized carbons (Fsp3) is 0.462. The summed E-state index contributed by atoms with van der Waals surface area (Å²) in [4.78, 5) is 4.21. The van der Waals surface area contributed by atoms with Crippen molar-refractivity contribution in [2.24, 2.45) is 0 Å². The molecule has 0 aliphatic rings. The van der Waals surface area contributed by atoms with Gasteiger partial charge >= 0.3 is 0 Å². The second-order valence-corrected chi connectivity index (χ2v) is 4.85. The first kappa shape index (κ1) is 13.1. The van der Waals surface area contributed by atoms with Crippen LogP contribution in [0.15, 0.2) is 12.1 Å². The van der Waals surface area contributed by atoms with Crippen molar-refractivity contribution in [1.82, 2.24) is 9.55 Å². The maximum atomic E-state index is 13.4. The van der Waals surface area contributed by atoms with Crippen LogP contribution in [0.4, 0.5) is 10.3 Å². The Hall–Kier alpha value is -1.29. The molecule has 0 saturated carbocycles. The summed E-state index contributed by atoms with van der Waals surface area (Å²) in [6.07, 6.45) is 3.03. The monoisotopic (exact) mass is 269 g/mol. The quantitative estimate of drug-likeness (QED) is 0.906. The molecule has 3 nitrogen and oxygen atoms in total. The molecule has 2 N–H and O–H groups in total. The summed E-state index contributed by atoms with van der Waals surface area (Å²) in [5.41, 5.74) is 7.31. The summed E-state index contributed by atoms with van der Waals surface area (Å²) < 4.78 is 15.4. The smallest absolute Gasteiger partial charge is 0.201 e. The van der Waals surface area contributed by atoms with Crippen molar-refractivity contribution in [2.75, 3.05) is 5.73 Å². The van der Waals surface area contributed by atoms with Crippen molar-refractivity contribution in [3.05, 3.63) is 23.0 Å². The van der Waals surface area contributed by atoms with Gasteiger partial charge in [-0.2, -0.15) is 0 Å². The molecule has 0 aliphatic carbocycles. The number of hydrogen-bond acceptors (Lipinski definition) is 2. The Balaban J connectivity index is 2.62. The van der Waals surface area contributed by atoms with Crippen molar-refractivity contribution in [1.29, 1.82) is 0 Å². The van der Waals surface area contributed by atoms with E-state index in [4.69, 9.17) is 17.3 Å². The van der Waals surface area contributed by atoms with Crippen LogP contribution in [0.1, 0.15) is 39.2 Å². The number of benzene rings is 1. The molecule has 1 unspecified atom stereocenters. The molecule has 0 bridgehead atoms. The van der Waals surface area contributed by atoms with Crippen molar-refractivity contribution < 1.29 is 4.39 Å². The summed E-state index contributed by atoms with van der Waals surface area (Å²) in [5.74, 6) is -0.0377. The Kier molecular flexibility index (Phi) is 3.76. The third-order valence-electron chi connectivity index (χ3n) is 3.22. The van der Waals surface area contributed by atoms with Crippen molar-refractivity contribution in [2.45, 2.75) is 39.2 Å². The van der Waals surface area contributed by atoms with Crippen LogP contribution in [0.2, 0.25) is 5.02 Å². The fourth-order valence-electron chi connectivity index (χ4n) is 2.34. The Morgan fingerprint density at radius 1 is 1.44 bits per heavy atom. The molecule has 98 valence electrons. The predicted octanol–water partition coefficient (Wildman–Crippen LogP) is 4.16.